The van der Waals surface area contributed by atoms with Crippen LogP contribution in [-0.4, -0.2) is 5.91 Å². The normalized spacial score (nSPS) is 10.3. The average Bonchev–Trinajstić information content (AvgIpc) is 2.33. The Hall–Kier alpha value is -2.30. The number of carbonyl (C=O) groups is 1. The molecule has 2 aromatic rings. The van der Waals surface area contributed by atoms with Crippen LogP contribution in [0.2, 0.25) is 0 Å². The molecule has 2 aromatic carbocycles. The van der Waals surface area contributed by atoms with Crippen LogP contribution in [-0.2, 0) is 0 Å². The van der Waals surface area contributed by atoms with Crippen molar-refractivity contribution >= 4 is 11.6 Å². The van der Waals surface area contributed by atoms with E-state index in [0.717, 1.165) is 18.2 Å². The fourth-order valence-corrected chi connectivity index (χ4v) is 1.59. The van der Waals surface area contributed by atoms with Gasteiger partial charge in [-0.3, -0.25) is 4.79 Å². The molecule has 0 aromatic heterocycles. The molecule has 1 amide bonds. The second kappa shape index (κ2) is 5.14. The Balaban J connectivity index is 2.28. The Labute approximate surface area is 107 Å². The zero-order valence-corrected chi connectivity index (χ0v) is 10.0. The van der Waals surface area contributed by atoms with Gasteiger partial charge in [0.2, 0.25) is 0 Å². The zero-order valence-electron chi connectivity index (χ0n) is 10.0. The molecule has 0 unspecified atom stereocenters. The van der Waals surface area contributed by atoms with Gasteiger partial charge in [0.05, 0.1) is 5.56 Å². The summed E-state index contributed by atoms with van der Waals surface area (Å²) in [5, 5.41) is 2.39. The Morgan fingerprint density at radius 1 is 1.00 bits per heavy atom. The first-order valence-electron chi connectivity index (χ1n) is 5.50. The molecular weight excluding hydrogens is 255 g/mol. The highest BCUT2D eigenvalue weighted by Gasteiger charge is 2.13. The van der Waals surface area contributed by atoms with Crippen LogP contribution in [0.1, 0.15) is 15.9 Å². The number of carbonyl (C=O) groups excluding carboxylic acids is 1. The van der Waals surface area contributed by atoms with Crippen molar-refractivity contribution in [3.8, 4) is 0 Å². The highest BCUT2D eigenvalue weighted by molar-refractivity contribution is 6.04. The van der Waals surface area contributed by atoms with Gasteiger partial charge in [-0.05, 0) is 36.8 Å². The molecule has 5 heteroatoms. The fraction of sp³-hybridized carbons (Fsp3) is 0.0714. The second-order valence-corrected chi connectivity index (χ2v) is 4.04. The van der Waals surface area contributed by atoms with E-state index < -0.39 is 23.4 Å². The maximum atomic E-state index is 13.4. The first-order chi connectivity index (χ1) is 8.97. The standard InChI is InChI=1S/C14H10F3NO/c1-8-2-3-10(16)7-13(8)18-14(19)11-5-4-9(15)6-12(11)17/h2-7H,1H3,(H,18,19). The van der Waals surface area contributed by atoms with Crippen LogP contribution in [0.5, 0.6) is 0 Å². The van der Waals surface area contributed by atoms with E-state index in [2.05, 4.69) is 5.32 Å². The summed E-state index contributed by atoms with van der Waals surface area (Å²) in [4.78, 5) is 11.8. The summed E-state index contributed by atoms with van der Waals surface area (Å²) in [7, 11) is 0. The predicted molar refractivity (Wildman–Crippen MR) is 65.4 cm³/mol. The topological polar surface area (TPSA) is 29.1 Å². The molecule has 0 aliphatic heterocycles. The van der Waals surface area contributed by atoms with E-state index in [1.54, 1.807) is 6.92 Å². The summed E-state index contributed by atoms with van der Waals surface area (Å²) in [6.07, 6.45) is 0. The fourth-order valence-electron chi connectivity index (χ4n) is 1.59. The number of hydrogen-bond donors (Lipinski definition) is 1. The molecule has 0 aliphatic carbocycles. The van der Waals surface area contributed by atoms with Crippen molar-refractivity contribution < 1.29 is 18.0 Å². The number of rotatable bonds is 2. The second-order valence-electron chi connectivity index (χ2n) is 4.04. The number of aryl methyl sites for hydroxylation is 1. The summed E-state index contributed by atoms with van der Waals surface area (Å²) < 4.78 is 39.2. The molecule has 1 N–H and O–H groups in total. The lowest BCUT2D eigenvalue weighted by Crippen LogP contribution is -2.14. The lowest BCUT2D eigenvalue weighted by atomic mass is 10.1. The number of halogens is 3. The minimum Gasteiger partial charge on any atom is -0.322 e. The molecule has 2 rings (SSSR count). The van der Waals surface area contributed by atoms with Gasteiger partial charge in [0.1, 0.15) is 17.5 Å². The third kappa shape index (κ3) is 2.93. The first kappa shape index (κ1) is 13.1. The van der Waals surface area contributed by atoms with Crippen molar-refractivity contribution in [2.45, 2.75) is 6.92 Å². The third-order valence-corrected chi connectivity index (χ3v) is 2.62. The first-order valence-corrected chi connectivity index (χ1v) is 5.50. The molecule has 0 spiro atoms. The summed E-state index contributed by atoms with van der Waals surface area (Å²) in [5.74, 6) is -3.01. The van der Waals surface area contributed by atoms with Crippen molar-refractivity contribution in [2.24, 2.45) is 0 Å². The zero-order chi connectivity index (χ0) is 14.0. The van der Waals surface area contributed by atoms with E-state index in [-0.39, 0.29) is 11.3 Å². The van der Waals surface area contributed by atoms with Gasteiger partial charge >= 0.3 is 0 Å². The SMILES string of the molecule is Cc1ccc(F)cc1NC(=O)c1ccc(F)cc1F. The van der Waals surface area contributed by atoms with Crippen LogP contribution in [0.4, 0.5) is 18.9 Å². The molecular formula is C14H10F3NO. The maximum Gasteiger partial charge on any atom is 0.258 e. The van der Waals surface area contributed by atoms with Crippen molar-refractivity contribution in [1.82, 2.24) is 0 Å². The van der Waals surface area contributed by atoms with E-state index in [0.29, 0.717) is 11.6 Å². The van der Waals surface area contributed by atoms with Crippen molar-refractivity contribution in [3.05, 3.63) is 65.0 Å². The summed E-state index contributed by atoms with van der Waals surface area (Å²) in [6, 6.07) is 6.52. The van der Waals surface area contributed by atoms with Crippen molar-refractivity contribution in [3.63, 3.8) is 0 Å². The van der Waals surface area contributed by atoms with Gasteiger partial charge in [-0.15, -0.1) is 0 Å². The highest BCUT2D eigenvalue weighted by atomic mass is 19.1. The molecule has 0 aliphatic rings. The predicted octanol–water partition coefficient (Wildman–Crippen LogP) is 3.66. The lowest BCUT2D eigenvalue weighted by molar-refractivity contribution is 0.102. The molecule has 0 saturated heterocycles. The Morgan fingerprint density at radius 2 is 1.63 bits per heavy atom. The Bertz CT molecular complexity index is 641. The van der Waals surface area contributed by atoms with E-state index in [4.69, 9.17) is 0 Å². The van der Waals surface area contributed by atoms with Crippen LogP contribution in [0, 0.1) is 24.4 Å². The number of hydrogen-bond acceptors (Lipinski definition) is 1. The number of amides is 1. The Kier molecular flexibility index (Phi) is 3.55. The maximum absolute atomic E-state index is 13.4. The van der Waals surface area contributed by atoms with Gasteiger partial charge in [0.15, 0.2) is 0 Å². The third-order valence-electron chi connectivity index (χ3n) is 2.62. The van der Waals surface area contributed by atoms with Crippen LogP contribution in [0.3, 0.4) is 0 Å². The highest BCUT2D eigenvalue weighted by Crippen LogP contribution is 2.18. The van der Waals surface area contributed by atoms with Crippen molar-refractivity contribution in [2.75, 3.05) is 5.32 Å². The molecule has 0 fully saturated rings. The number of benzene rings is 2. The molecule has 0 radical (unpaired) electrons. The van der Waals surface area contributed by atoms with Gasteiger partial charge in [-0.1, -0.05) is 6.07 Å². The van der Waals surface area contributed by atoms with E-state index >= 15 is 0 Å². The minimum atomic E-state index is -0.966. The van der Waals surface area contributed by atoms with Crippen LogP contribution < -0.4 is 5.32 Å². The van der Waals surface area contributed by atoms with Crippen LogP contribution in [0.15, 0.2) is 36.4 Å². The molecule has 2 nitrogen and oxygen atoms in total. The monoisotopic (exact) mass is 265 g/mol. The van der Waals surface area contributed by atoms with Gasteiger partial charge in [-0.25, -0.2) is 13.2 Å². The molecule has 19 heavy (non-hydrogen) atoms. The van der Waals surface area contributed by atoms with Crippen LogP contribution in [0.25, 0.3) is 0 Å². The molecule has 0 bridgehead atoms. The quantitative estimate of drug-likeness (QED) is 0.882. The van der Waals surface area contributed by atoms with Gasteiger partial charge in [0.25, 0.3) is 5.91 Å². The Morgan fingerprint density at radius 3 is 2.32 bits per heavy atom. The summed E-state index contributed by atoms with van der Waals surface area (Å²) >= 11 is 0. The smallest absolute Gasteiger partial charge is 0.258 e. The van der Waals surface area contributed by atoms with Crippen LogP contribution >= 0.6 is 0 Å². The minimum absolute atomic E-state index is 0.244. The molecule has 0 heterocycles. The van der Waals surface area contributed by atoms with Crippen molar-refractivity contribution in [1.29, 1.82) is 0 Å². The summed E-state index contributed by atoms with van der Waals surface area (Å²) in [5.41, 5.74) is 0.580. The van der Waals surface area contributed by atoms with E-state index in [1.807, 2.05) is 0 Å². The molecule has 0 saturated carbocycles. The largest absolute Gasteiger partial charge is 0.322 e. The van der Waals surface area contributed by atoms with Gasteiger partial charge in [0, 0.05) is 11.8 Å². The van der Waals surface area contributed by atoms with Gasteiger partial charge < -0.3 is 5.32 Å². The summed E-state index contributed by atoms with van der Waals surface area (Å²) in [6.45, 7) is 1.68. The van der Waals surface area contributed by atoms with E-state index in [9.17, 15) is 18.0 Å². The lowest BCUT2D eigenvalue weighted by Gasteiger charge is -2.09. The van der Waals surface area contributed by atoms with E-state index in [1.165, 1.54) is 12.1 Å². The molecule has 98 valence electrons. The number of nitrogens with one attached hydrogen (secondary N) is 1. The number of anilines is 1. The average molecular weight is 265 g/mol. The molecule has 0 atom stereocenters. The van der Waals surface area contributed by atoms with Gasteiger partial charge in [-0.2, -0.15) is 0 Å².